The third-order valence-electron chi connectivity index (χ3n) is 3.06. The van der Waals surface area contributed by atoms with E-state index in [1.165, 1.54) is 4.57 Å². The number of carbonyl (C=O) groups is 1. The SMILES string of the molecule is CC(C)CNC(=O)Cn1c(N)cc2ccccc2c1=O. The standard InChI is InChI=1S/C15H19N3O2/c1-10(2)8-17-14(19)9-18-13(16)7-11-5-3-4-6-12(11)15(18)20/h3-7,10H,8-9,16H2,1-2H3,(H,17,19). The van der Waals surface area contributed by atoms with Gasteiger partial charge in [0, 0.05) is 11.9 Å². The summed E-state index contributed by atoms with van der Waals surface area (Å²) in [4.78, 5) is 24.2. The molecule has 0 fully saturated rings. The molecule has 0 bridgehead atoms. The van der Waals surface area contributed by atoms with Gasteiger partial charge in [-0.05, 0) is 23.4 Å². The molecule has 1 heterocycles. The van der Waals surface area contributed by atoms with Crippen LogP contribution in [0.2, 0.25) is 0 Å². The average Bonchev–Trinajstić information content (AvgIpc) is 2.41. The molecule has 0 aliphatic rings. The summed E-state index contributed by atoms with van der Waals surface area (Å²) in [5.41, 5.74) is 5.64. The third-order valence-corrected chi connectivity index (χ3v) is 3.06. The van der Waals surface area contributed by atoms with Crippen molar-refractivity contribution in [1.29, 1.82) is 0 Å². The summed E-state index contributed by atoms with van der Waals surface area (Å²) in [7, 11) is 0. The van der Waals surface area contributed by atoms with E-state index < -0.39 is 0 Å². The number of aromatic nitrogens is 1. The Balaban J connectivity index is 2.30. The molecule has 1 aromatic carbocycles. The molecule has 5 heteroatoms. The molecule has 106 valence electrons. The molecule has 20 heavy (non-hydrogen) atoms. The number of nitrogen functional groups attached to an aromatic ring is 1. The first kappa shape index (κ1) is 14.1. The highest BCUT2D eigenvalue weighted by molar-refractivity contribution is 5.84. The van der Waals surface area contributed by atoms with E-state index >= 15 is 0 Å². The largest absolute Gasteiger partial charge is 0.385 e. The van der Waals surface area contributed by atoms with Crippen molar-refractivity contribution in [2.75, 3.05) is 12.3 Å². The van der Waals surface area contributed by atoms with Crippen LogP contribution in [0.3, 0.4) is 0 Å². The van der Waals surface area contributed by atoms with Gasteiger partial charge in [0.2, 0.25) is 5.91 Å². The molecule has 0 saturated heterocycles. The van der Waals surface area contributed by atoms with Crippen molar-refractivity contribution >= 4 is 22.5 Å². The second-order valence-electron chi connectivity index (χ2n) is 5.25. The van der Waals surface area contributed by atoms with Crippen LogP contribution in [-0.4, -0.2) is 17.0 Å². The van der Waals surface area contributed by atoms with Crippen LogP contribution in [0.1, 0.15) is 13.8 Å². The van der Waals surface area contributed by atoms with E-state index in [9.17, 15) is 9.59 Å². The van der Waals surface area contributed by atoms with Crippen molar-refractivity contribution in [2.24, 2.45) is 5.92 Å². The van der Waals surface area contributed by atoms with Crippen LogP contribution in [-0.2, 0) is 11.3 Å². The van der Waals surface area contributed by atoms with Gasteiger partial charge in [-0.1, -0.05) is 32.0 Å². The van der Waals surface area contributed by atoms with Crippen LogP contribution in [0.5, 0.6) is 0 Å². The first-order valence-corrected chi connectivity index (χ1v) is 6.64. The monoisotopic (exact) mass is 273 g/mol. The normalized spacial score (nSPS) is 10.9. The van der Waals surface area contributed by atoms with Crippen molar-refractivity contribution in [2.45, 2.75) is 20.4 Å². The van der Waals surface area contributed by atoms with Gasteiger partial charge in [0.15, 0.2) is 0 Å². The van der Waals surface area contributed by atoms with Crippen LogP contribution >= 0.6 is 0 Å². The summed E-state index contributed by atoms with van der Waals surface area (Å²) in [6.45, 7) is 4.55. The van der Waals surface area contributed by atoms with E-state index in [1.54, 1.807) is 18.2 Å². The van der Waals surface area contributed by atoms with Crippen molar-refractivity contribution in [1.82, 2.24) is 9.88 Å². The Morgan fingerprint density at radius 2 is 2.05 bits per heavy atom. The van der Waals surface area contributed by atoms with E-state index in [2.05, 4.69) is 5.32 Å². The minimum Gasteiger partial charge on any atom is -0.385 e. The Hall–Kier alpha value is -2.30. The van der Waals surface area contributed by atoms with Crippen LogP contribution in [0, 0.1) is 5.92 Å². The summed E-state index contributed by atoms with van der Waals surface area (Å²) < 4.78 is 1.30. The van der Waals surface area contributed by atoms with Gasteiger partial charge < -0.3 is 11.1 Å². The fourth-order valence-corrected chi connectivity index (χ4v) is 2.00. The van der Waals surface area contributed by atoms with Crippen molar-refractivity contribution in [3.63, 3.8) is 0 Å². The number of rotatable bonds is 4. The number of carbonyl (C=O) groups excluding carboxylic acids is 1. The summed E-state index contributed by atoms with van der Waals surface area (Å²) in [5.74, 6) is 0.459. The molecule has 2 rings (SSSR count). The molecule has 0 radical (unpaired) electrons. The van der Waals surface area contributed by atoms with Crippen LogP contribution in [0.25, 0.3) is 10.8 Å². The molecule has 0 saturated carbocycles. The topological polar surface area (TPSA) is 77.1 Å². The maximum atomic E-state index is 12.3. The smallest absolute Gasteiger partial charge is 0.260 e. The molecule has 0 atom stereocenters. The lowest BCUT2D eigenvalue weighted by Gasteiger charge is -2.12. The quantitative estimate of drug-likeness (QED) is 0.883. The zero-order chi connectivity index (χ0) is 14.7. The van der Waals surface area contributed by atoms with E-state index in [4.69, 9.17) is 5.73 Å². The maximum absolute atomic E-state index is 12.3. The summed E-state index contributed by atoms with van der Waals surface area (Å²) >= 11 is 0. The van der Waals surface area contributed by atoms with Crippen LogP contribution < -0.4 is 16.6 Å². The minimum atomic E-state index is -0.236. The van der Waals surface area contributed by atoms with Crippen molar-refractivity contribution in [3.8, 4) is 0 Å². The molecular weight excluding hydrogens is 254 g/mol. The van der Waals surface area contributed by atoms with Crippen molar-refractivity contribution in [3.05, 3.63) is 40.7 Å². The van der Waals surface area contributed by atoms with Gasteiger partial charge in [-0.2, -0.15) is 0 Å². The second kappa shape index (κ2) is 5.77. The second-order valence-corrected chi connectivity index (χ2v) is 5.25. The molecule has 0 unspecified atom stereocenters. The molecule has 1 amide bonds. The Morgan fingerprint density at radius 1 is 1.35 bits per heavy atom. The number of hydrogen-bond donors (Lipinski definition) is 2. The Bertz CT molecular complexity index is 689. The Morgan fingerprint density at radius 3 is 2.75 bits per heavy atom. The van der Waals surface area contributed by atoms with Gasteiger partial charge in [-0.25, -0.2) is 0 Å². The van der Waals surface area contributed by atoms with Gasteiger partial charge in [0.05, 0.1) is 0 Å². The molecule has 5 nitrogen and oxygen atoms in total. The number of anilines is 1. The summed E-state index contributed by atoms with van der Waals surface area (Å²) in [6, 6.07) is 8.92. The van der Waals surface area contributed by atoms with E-state index in [0.717, 1.165) is 5.39 Å². The predicted molar refractivity (Wildman–Crippen MR) is 80.5 cm³/mol. The number of hydrogen-bond acceptors (Lipinski definition) is 3. The molecule has 3 N–H and O–H groups in total. The highest BCUT2D eigenvalue weighted by Gasteiger charge is 2.10. The molecule has 0 aliphatic carbocycles. The highest BCUT2D eigenvalue weighted by atomic mass is 16.2. The highest BCUT2D eigenvalue weighted by Crippen LogP contribution is 2.12. The first-order chi connectivity index (χ1) is 9.49. The molecule has 2 aromatic rings. The number of nitrogens with one attached hydrogen (secondary N) is 1. The number of fused-ring (bicyclic) bond motifs is 1. The Labute approximate surface area is 117 Å². The maximum Gasteiger partial charge on any atom is 0.260 e. The van der Waals surface area contributed by atoms with E-state index in [1.807, 2.05) is 26.0 Å². The lowest BCUT2D eigenvalue weighted by atomic mass is 10.1. The fraction of sp³-hybridized carbons (Fsp3) is 0.333. The fourth-order valence-electron chi connectivity index (χ4n) is 2.00. The van der Waals surface area contributed by atoms with Gasteiger partial charge in [-0.15, -0.1) is 0 Å². The molecular formula is C15H19N3O2. The first-order valence-electron chi connectivity index (χ1n) is 6.64. The lowest BCUT2D eigenvalue weighted by Crippen LogP contribution is -2.35. The predicted octanol–water partition coefficient (Wildman–Crippen LogP) is 1.36. The minimum absolute atomic E-state index is 0.0534. The number of nitrogens with two attached hydrogens (primary N) is 1. The van der Waals surface area contributed by atoms with Gasteiger partial charge in [0.1, 0.15) is 12.4 Å². The number of pyridine rings is 1. The Kier molecular flexibility index (Phi) is 4.08. The number of benzene rings is 1. The molecule has 1 aromatic heterocycles. The average molecular weight is 273 g/mol. The summed E-state index contributed by atoms with van der Waals surface area (Å²) in [5, 5.41) is 4.13. The zero-order valence-corrected chi connectivity index (χ0v) is 11.7. The number of amides is 1. The van der Waals surface area contributed by atoms with E-state index in [0.29, 0.717) is 23.7 Å². The molecule has 0 aliphatic heterocycles. The van der Waals surface area contributed by atoms with Crippen LogP contribution in [0.4, 0.5) is 5.82 Å². The number of nitrogens with zero attached hydrogens (tertiary/aromatic N) is 1. The van der Waals surface area contributed by atoms with Gasteiger partial charge >= 0.3 is 0 Å². The van der Waals surface area contributed by atoms with Gasteiger partial charge in [0.25, 0.3) is 5.56 Å². The lowest BCUT2D eigenvalue weighted by molar-refractivity contribution is -0.121. The van der Waals surface area contributed by atoms with Crippen molar-refractivity contribution < 1.29 is 4.79 Å². The van der Waals surface area contributed by atoms with Gasteiger partial charge in [-0.3, -0.25) is 14.2 Å². The zero-order valence-electron chi connectivity index (χ0n) is 11.7. The van der Waals surface area contributed by atoms with E-state index in [-0.39, 0.29) is 18.0 Å². The van der Waals surface area contributed by atoms with Crippen LogP contribution in [0.15, 0.2) is 35.1 Å². The molecule has 0 spiro atoms. The third kappa shape index (κ3) is 2.99. The summed E-state index contributed by atoms with van der Waals surface area (Å²) in [6.07, 6.45) is 0.